The van der Waals surface area contributed by atoms with Gasteiger partial charge in [-0.15, -0.1) is 0 Å². The number of halogens is 3. The predicted molar refractivity (Wildman–Crippen MR) is 78.6 cm³/mol. The Morgan fingerprint density at radius 3 is 2.59 bits per heavy atom. The number of rotatable bonds is 2. The predicted octanol–water partition coefficient (Wildman–Crippen LogP) is 3.59. The first kappa shape index (κ1) is 16.2. The van der Waals surface area contributed by atoms with Crippen LogP contribution in [-0.2, 0) is 11.0 Å². The molecule has 5 heteroatoms. The highest BCUT2D eigenvalue weighted by Crippen LogP contribution is 2.29. The number of hydrogen-bond acceptors (Lipinski definition) is 1. The van der Waals surface area contributed by atoms with Gasteiger partial charge in [0.2, 0.25) is 0 Å². The highest BCUT2D eigenvalue weighted by molar-refractivity contribution is 5.93. The number of carbonyl (C=O) groups is 1. The molecule has 22 heavy (non-hydrogen) atoms. The maximum absolute atomic E-state index is 12.5. The maximum Gasteiger partial charge on any atom is 0.416 e. The van der Waals surface area contributed by atoms with Crippen LogP contribution in [-0.4, -0.2) is 23.9 Å². The van der Waals surface area contributed by atoms with E-state index in [0.717, 1.165) is 18.6 Å². The molecule has 0 aliphatic carbocycles. The summed E-state index contributed by atoms with van der Waals surface area (Å²) in [5.41, 5.74) is 0.0616. The minimum atomic E-state index is -4.31. The number of amides is 1. The number of carbonyl (C=O) groups excluding carboxylic acids is 1. The van der Waals surface area contributed by atoms with Crippen molar-refractivity contribution in [2.75, 3.05) is 13.1 Å². The second-order valence-electron chi connectivity index (χ2n) is 5.15. The van der Waals surface area contributed by atoms with Crippen LogP contribution in [0.15, 0.2) is 30.3 Å². The van der Waals surface area contributed by atoms with Gasteiger partial charge in [0.05, 0.1) is 5.56 Å². The number of alkyl halides is 3. The number of likely N-dealkylation sites (tertiary alicyclic amines) is 1. The summed E-state index contributed by atoms with van der Waals surface area (Å²) in [4.78, 5) is 13.3. The second kappa shape index (κ2) is 6.69. The monoisotopic (exact) mass is 307 g/mol. The summed E-state index contributed by atoms with van der Waals surface area (Å²) in [7, 11) is 0. The Morgan fingerprint density at radius 2 is 2.00 bits per heavy atom. The van der Waals surface area contributed by atoms with E-state index in [1.165, 1.54) is 12.1 Å². The van der Waals surface area contributed by atoms with E-state index in [0.29, 0.717) is 18.7 Å². The summed E-state index contributed by atoms with van der Waals surface area (Å²) < 4.78 is 37.4. The molecular weight excluding hydrogens is 291 g/mol. The molecule has 1 atom stereocenters. The zero-order valence-electron chi connectivity index (χ0n) is 12.2. The topological polar surface area (TPSA) is 20.3 Å². The van der Waals surface area contributed by atoms with Gasteiger partial charge in [-0.1, -0.05) is 30.2 Å². The molecule has 0 saturated carbocycles. The van der Waals surface area contributed by atoms with E-state index in [1.807, 2.05) is 6.08 Å². The molecule has 1 amide bonds. The van der Waals surface area contributed by atoms with Crippen LogP contribution in [0, 0.1) is 17.8 Å². The molecule has 1 saturated heterocycles. The molecule has 0 bridgehead atoms. The fraction of sp³-hybridized carbons (Fsp3) is 0.353. The van der Waals surface area contributed by atoms with Crippen molar-refractivity contribution < 1.29 is 18.0 Å². The zero-order valence-corrected chi connectivity index (χ0v) is 12.2. The average molecular weight is 307 g/mol. The average Bonchev–Trinajstić information content (AvgIpc) is 2.94. The molecule has 1 aliphatic rings. The maximum atomic E-state index is 12.5. The zero-order chi connectivity index (χ0) is 16.2. The normalized spacial score (nSPS) is 18.4. The molecule has 1 aromatic carbocycles. The van der Waals surface area contributed by atoms with E-state index in [4.69, 9.17) is 0 Å². The Bertz CT molecular complexity index is 620. The Balaban J connectivity index is 1.95. The lowest BCUT2D eigenvalue weighted by Gasteiger charge is -2.11. The van der Waals surface area contributed by atoms with Gasteiger partial charge in [-0.2, -0.15) is 13.2 Å². The smallest absolute Gasteiger partial charge is 0.331 e. The molecule has 2 nitrogen and oxygen atoms in total. The van der Waals surface area contributed by atoms with E-state index < -0.39 is 11.7 Å². The van der Waals surface area contributed by atoms with Crippen molar-refractivity contribution in [3.05, 3.63) is 41.5 Å². The Hall–Kier alpha value is -2.22. The van der Waals surface area contributed by atoms with E-state index in [1.54, 1.807) is 17.9 Å². The van der Waals surface area contributed by atoms with Crippen molar-refractivity contribution in [1.82, 2.24) is 4.90 Å². The van der Waals surface area contributed by atoms with Crippen molar-refractivity contribution in [2.45, 2.75) is 19.5 Å². The molecule has 1 heterocycles. The third-order valence-corrected chi connectivity index (χ3v) is 3.54. The van der Waals surface area contributed by atoms with Gasteiger partial charge in [-0.3, -0.25) is 4.79 Å². The SMILES string of the molecule is CC#CC(=O)N1CCC(/C=C/c2ccc(C(F)(F)F)cc2)C1. The molecule has 1 fully saturated rings. The quantitative estimate of drug-likeness (QED) is 0.765. The molecule has 0 aromatic heterocycles. The first-order valence-corrected chi connectivity index (χ1v) is 6.97. The molecule has 2 rings (SSSR count). The van der Waals surface area contributed by atoms with Crippen LogP contribution in [0.3, 0.4) is 0 Å². The van der Waals surface area contributed by atoms with Crippen LogP contribution in [0.4, 0.5) is 13.2 Å². The Kier molecular flexibility index (Phi) is 4.92. The van der Waals surface area contributed by atoms with Gasteiger partial charge in [0.25, 0.3) is 5.91 Å². The summed E-state index contributed by atoms with van der Waals surface area (Å²) in [5.74, 6) is 5.13. The van der Waals surface area contributed by atoms with Gasteiger partial charge >= 0.3 is 6.18 Å². The molecule has 1 aromatic rings. The highest BCUT2D eigenvalue weighted by atomic mass is 19.4. The molecule has 1 unspecified atom stereocenters. The third-order valence-electron chi connectivity index (χ3n) is 3.54. The van der Waals surface area contributed by atoms with Crippen LogP contribution in [0.5, 0.6) is 0 Å². The summed E-state index contributed by atoms with van der Waals surface area (Å²) >= 11 is 0. The van der Waals surface area contributed by atoms with Crippen LogP contribution in [0.25, 0.3) is 6.08 Å². The first-order valence-electron chi connectivity index (χ1n) is 6.97. The Morgan fingerprint density at radius 1 is 1.32 bits per heavy atom. The van der Waals surface area contributed by atoms with Gasteiger partial charge < -0.3 is 4.90 Å². The lowest BCUT2D eigenvalue weighted by atomic mass is 10.1. The summed E-state index contributed by atoms with van der Waals surface area (Å²) in [6, 6.07) is 5.03. The van der Waals surface area contributed by atoms with Gasteiger partial charge in [-0.25, -0.2) is 0 Å². The summed E-state index contributed by atoms with van der Waals surface area (Å²) in [6.45, 7) is 2.89. The van der Waals surface area contributed by atoms with Crippen molar-refractivity contribution in [2.24, 2.45) is 5.92 Å². The summed E-state index contributed by atoms with van der Waals surface area (Å²) in [6.07, 6.45) is 0.267. The second-order valence-corrected chi connectivity index (χ2v) is 5.15. The molecule has 0 radical (unpaired) electrons. The summed E-state index contributed by atoms with van der Waals surface area (Å²) in [5, 5.41) is 0. The van der Waals surface area contributed by atoms with Gasteiger partial charge in [0.15, 0.2) is 0 Å². The van der Waals surface area contributed by atoms with Gasteiger partial charge in [0.1, 0.15) is 0 Å². The largest absolute Gasteiger partial charge is 0.416 e. The minimum Gasteiger partial charge on any atom is -0.331 e. The van der Waals surface area contributed by atoms with E-state index in [-0.39, 0.29) is 11.8 Å². The number of nitrogens with zero attached hydrogens (tertiary/aromatic N) is 1. The lowest BCUT2D eigenvalue weighted by molar-refractivity contribution is -0.137. The standard InChI is InChI=1S/C17H16F3NO/c1-2-3-16(22)21-11-10-14(12-21)5-4-13-6-8-15(9-7-13)17(18,19)20/h4-9,14H,10-12H2,1H3/b5-4+. The number of hydrogen-bond donors (Lipinski definition) is 0. The minimum absolute atomic E-state index is 0.173. The lowest BCUT2D eigenvalue weighted by Crippen LogP contribution is -2.26. The fourth-order valence-electron chi connectivity index (χ4n) is 2.35. The molecule has 1 aliphatic heterocycles. The fourth-order valence-corrected chi connectivity index (χ4v) is 2.35. The molecule has 0 spiro atoms. The van der Waals surface area contributed by atoms with Gasteiger partial charge in [-0.05, 0) is 42.9 Å². The van der Waals surface area contributed by atoms with Crippen molar-refractivity contribution >= 4 is 12.0 Å². The van der Waals surface area contributed by atoms with Crippen molar-refractivity contribution in [3.63, 3.8) is 0 Å². The van der Waals surface area contributed by atoms with Crippen LogP contribution in [0.2, 0.25) is 0 Å². The highest BCUT2D eigenvalue weighted by Gasteiger charge is 2.29. The van der Waals surface area contributed by atoms with Crippen molar-refractivity contribution in [3.8, 4) is 11.8 Å². The Labute approximate surface area is 127 Å². The molecule has 0 N–H and O–H groups in total. The third kappa shape index (κ3) is 4.14. The molecular formula is C17H16F3NO. The first-order chi connectivity index (χ1) is 10.4. The van der Waals surface area contributed by atoms with Crippen LogP contribution >= 0.6 is 0 Å². The van der Waals surface area contributed by atoms with E-state index >= 15 is 0 Å². The molecule has 116 valence electrons. The van der Waals surface area contributed by atoms with E-state index in [9.17, 15) is 18.0 Å². The van der Waals surface area contributed by atoms with Crippen LogP contribution in [0.1, 0.15) is 24.5 Å². The van der Waals surface area contributed by atoms with E-state index in [2.05, 4.69) is 11.8 Å². The van der Waals surface area contributed by atoms with Crippen molar-refractivity contribution in [1.29, 1.82) is 0 Å². The van der Waals surface area contributed by atoms with Crippen LogP contribution < -0.4 is 0 Å². The van der Waals surface area contributed by atoms with Gasteiger partial charge in [0, 0.05) is 13.1 Å². The number of benzene rings is 1.